The molecule has 0 bridgehead atoms. The number of hydrogen-bond donors (Lipinski definition) is 1. The number of benzene rings is 1. The minimum atomic E-state index is -0.348. The zero-order chi connectivity index (χ0) is 18.1. The van der Waals surface area contributed by atoms with E-state index in [-0.39, 0.29) is 11.7 Å². The topological polar surface area (TPSA) is 68.9 Å². The van der Waals surface area contributed by atoms with Gasteiger partial charge in [0.15, 0.2) is 5.82 Å². The Labute approximate surface area is 154 Å². The molecule has 0 spiro atoms. The molecule has 1 N–H and O–H groups in total. The van der Waals surface area contributed by atoms with Crippen molar-refractivity contribution in [3.8, 4) is 0 Å². The molecule has 6 nitrogen and oxygen atoms in total. The Bertz CT molecular complexity index is 958. The number of rotatable bonds is 4. The van der Waals surface area contributed by atoms with Crippen molar-refractivity contribution in [3.63, 3.8) is 0 Å². The number of carbonyl (C=O) groups excluding carboxylic acids is 2. The lowest BCUT2D eigenvalue weighted by Gasteiger charge is -2.07. The predicted octanol–water partition coefficient (Wildman–Crippen LogP) is 3.55. The third-order valence-corrected chi connectivity index (χ3v) is 4.62. The van der Waals surface area contributed by atoms with Crippen molar-refractivity contribution < 1.29 is 9.59 Å². The molecule has 0 radical (unpaired) electrons. The number of ketones is 1. The first-order valence-electron chi connectivity index (χ1n) is 7.32. The van der Waals surface area contributed by atoms with Crippen LogP contribution in [0, 0.1) is 0 Å². The van der Waals surface area contributed by atoms with Gasteiger partial charge in [0.1, 0.15) is 10.8 Å². The number of imidazole rings is 1. The summed E-state index contributed by atoms with van der Waals surface area (Å²) in [6, 6.07) is 8.08. The molecule has 0 atom stereocenters. The van der Waals surface area contributed by atoms with Crippen molar-refractivity contribution in [3.05, 3.63) is 70.0 Å². The van der Waals surface area contributed by atoms with Crippen LogP contribution in [0.3, 0.4) is 0 Å². The number of nitrogens with one attached hydrogen (secondary N) is 1. The van der Waals surface area contributed by atoms with Crippen LogP contribution in [-0.4, -0.2) is 25.8 Å². The summed E-state index contributed by atoms with van der Waals surface area (Å²) in [5.74, 6) is -0.185. The highest BCUT2D eigenvalue weighted by Crippen LogP contribution is 2.25. The van der Waals surface area contributed by atoms with Gasteiger partial charge in [-0.3, -0.25) is 9.59 Å². The van der Waals surface area contributed by atoms with Gasteiger partial charge in [-0.05, 0) is 30.3 Å². The van der Waals surface area contributed by atoms with Crippen LogP contribution in [0.1, 0.15) is 26.7 Å². The summed E-state index contributed by atoms with van der Waals surface area (Å²) in [6.45, 7) is 0. The second-order valence-electron chi connectivity index (χ2n) is 5.45. The molecule has 2 aromatic heterocycles. The van der Waals surface area contributed by atoms with Crippen LogP contribution in [0.15, 0.2) is 42.7 Å². The van der Waals surface area contributed by atoms with Crippen LogP contribution < -0.4 is 5.32 Å². The Kier molecular flexibility index (Phi) is 4.65. The zero-order valence-electron chi connectivity index (χ0n) is 13.5. The minimum Gasteiger partial charge on any atom is -0.331 e. The van der Waals surface area contributed by atoms with Gasteiger partial charge in [-0.2, -0.15) is 0 Å². The number of aryl methyl sites for hydroxylation is 1. The average molecular weight is 377 g/mol. The smallest absolute Gasteiger partial charge is 0.272 e. The molecule has 1 amide bonds. The van der Waals surface area contributed by atoms with Crippen molar-refractivity contribution in [1.82, 2.24) is 14.1 Å². The van der Waals surface area contributed by atoms with Crippen LogP contribution in [0.4, 0.5) is 5.69 Å². The van der Waals surface area contributed by atoms with Gasteiger partial charge in [0.25, 0.3) is 5.91 Å². The van der Waals surface area contributed by atoms with Gasteiger partial charge >= 0.3 is 0 Å². The Morgan fingerprint density at radius 2 is 1.80 bits per heavy atom. The van der Waals surface area contributed by atoms with Crippen molar-refractivity contribution in [2.45, 2.75) is 0 Å². The minimum absolute atomic E-state index is 0.189. The molecule has 0 fully saturated rings. The second-order valence-corrected chi connectivity index (χ2v) is 6.21. The molecular formula is C17H14Cl2N4O2. The molecule has 0 unspecified atom stereocenters. The fourth-order valence-corrected chi connectivity index (χ4v) is 2.75. The second kappa shape index (κ2) is 6.74. The van der Waals surface area contributed by atoms with Crippen LogP contribution >= 0.6 is 23.2 Å². The third kappa shape index (κ3) is 3.31. The predicted molar refractivity (Wildman–Crippen MR) is 96.5 cm³/mol. The number of hydrogen-bond acceptors (Lipinski definition) is 3. The molecule has 2 heterocycles. The summed E-state index contributed by atoms with van der Waals surface area (Å²) in [5.41, 5.74) is 1.37. The van der Waals surface area contributed by atoms with Crippen LogP contribution in [0.2, 0.25) is 10.2 Å². The lowest BCUT2D eigenvalue weighted by atomic mass is 10.1. The van der Waals surface area contributed by atoms with Crippen molar-refractivity contribution in [2.24, 2.45) is 14.1 Å². The van der Waals surface area contributed by atoms with Gasteiger partial charge in [-0.1, -0.05) is 23.2 Å². The van der Waals surface area contributed by atoms with Crippen molar-refractivity contribution >= 4 is 40.6 Å². The number of amides is 1. The van der Waals surface area contributed by atoms with E-state index in [0.29, 0.717) is 32.9 Å². The number of carbonyl (C=O) groups is 2. The molecule has 3 rings (SSSR count). The third-order valence-electron chi connectivity index (χ3n) is 3.78. The number of nitrogens with zero attached hydrogens (tertiary/aromatic N) is 3. The molecule has 3 aromatic rings. The van der Waals surface area contributed by atoms with E-state index in [1.165, 1.54) is 10.6 Å². The first-order valence-corrected chi connectivity index (χ1v) is 8.08. The molecule has 0 saturated heterocycles. The largest absolute Gasteiger partial charge is 0.331 e. The SMILES string of the molecule is Cn1ccnc1C(=O)c1ccc(NC(=O)c2cc(Cl)c(Cl)n2C)cc1. The molecule has 128 valence electrons. The highest BCUT2D eigenvalue weighted by molar-refractivity contribution is 6.42. The maximum atomic E-state index is 12.4. The van der Waals surface area contributed by atoms with E-state index < -0.39 is 0 Å². The van der Waals surface area contributed by atoms with Crippen LogP contribution in [-0.2, 0) is 14.1 Å². The maximum absolute atomic E-state index is 12.4. The molecule has 0 aliphatic carbocycles. The van der Waals surface area contributed by atoms with Gasteiger partial charge in [0.05, 0.1) is 5.02 Å². The van der Waals surface area contributed by atoms with Gasteiger partial charge < -0.3 is 14.5 Å². The van der Waals surface area contributed by atoms with Gasteiger partial charge in [0.2, 0.25) is 5.78 Å². The normalized spacial score (nSPS) is 10.7. The van der Waals surface area contributed by atoms with E-state index >= 15 is 0 Å². The fourth-order valence-electron chi connectivity index (χ4n) is 2.37. The quantitative estimate of drug-likeness (QED) is 0.707. The van der Waals surface area contributed by atoms with Gasteiger partial charge in [-0.15, -0.1) is 0 Å². The summed E-state index contributed by atoms with van der Waals surface area (Å²) < 4.78 is 3.15. The van der Waals surface area contributed by atoms with Crippen molar-refractivity contribution in [2.75, 3.05) is 5.32 Å². The molecule has 0 aliphatic heterocycles. The van der Waals surface area contributed by atoms with E-state index in [4.69, 9.17) is 23.2 Å². The van der Waals surface area contributed by atoms with Gasteiger partial charge in [-0.25, -0.2) is 4.98 Å². The Morgan fingerprint density at radius 3 is 2.32 bits per heavy atom. The van der Waals surface area contributed by atoms with Crippen LogP contribution in [0.25, 0.3) is 0 Å². The van der Waals surface area contributed by atoms with E-state index in [1.54, 1.807) is 55.3 Å². The summed E-state index contributed by atoms with van der Waals surface area (Å²) in [6.07, 6.45) is 3.27. The summed E-state index contributed by atoms with van der Waals surface area (Å²) in [5, 5.41) is 3.35. The Hall–Kier alpha value is -2.57. The standard InChI is InChI=1S/C17H14Cl2N4O2/c1-22-8-7-20-16(22)14(24)10-3-5-11(6-4-10)21-17(25)13-9-12(18)15(19)23(13)2/h3-9H,1-2H3,(H,21,25). The highest BCUT2D eigenvalue weighted by atomic mass is 35.5. The number of halogens is 2. The summed E-state index contributed by atoms with van der Waals surface area (Å²) in [7, 11) is 3.41. The molecule has 0 saturated carbocycles. The number of anilines is 1. The fraction of sp³-hybridized carbons (Fsp3) is 0.118. The monoisotopic (exact) mass is 376 g/mol. The molecular weight excluding hydrogens is 363 g/mol. The molecule has 0 aliphatic rings. The first-order chi connectivity index (χ1) is 11.9. The molecule has 25 heavy (non-hydrogen) atoms. The van der Waals surface area contributed by atoms with Crippen molar-refractivity contribution in [1.29, 1.82) is 0 Å². The van der Waals surface area contributed by atoms with Crippen LogP contribution in [0.5, 0.6) is 0 Å². The summed E-state index contributed by atoms with van der Waals surface area (Å²) in [4.78, 5) is 28.7. The zero-order valence-corrected chi connectivity index (χ0v) is 15.0. The summed E-state index contributed by atoms with van der Waals surface area (Å²) >= 11 is 11.9. The average Bonchev–Trinajstić information content (AvgIpc) is 3.13. The lowest BCUT2D eigenvalue weighted by molar-refractivity contribution is 0.101. The molecule has 8 heteroatoms. The van der Waals surface area contributed by atoms with E-state index in [9.17, 15) is 9.59 Å². The first kappa shape index (κ1) is 17.3. The highest BCUT2D eigenvalue weighted by Gasteiger charge is 2.17. The van der Waals surface area contributed by atoms with E-state index in [0.717, 1.165) is 0 Å². The van der Waals surface area contributed by atoms with Gasteiger partial charge in [0, 0.05) is 37.7 Å². The molecule has 1 aromatic carbocycles. The lowest BCUT2D eigenvalue weighted by Crippen LogP contribution is -2.15. The van der Waals surface area contributed by atoms with E-state index in [1.807, 2.05) is 0 Å². The number of aromatic nitrogens is 3. The van der Waals surface area contributed by atoms with E-state index in [2.05, 4.69) is 10.3 Å². The maximum Gasteiger partial charge on any atom is 0.272 e. The Balaban J connectivity index is 1.77. The Morgan fingerprint density at radius 1 is 1.12 bits per heavy atom.